The maximum Gasteiger partial charge on any atom is 0.136 e. The first kappa shape index (κ1) is 15.9. The highest BCUT2D eigenvalue weighted by molar-refractivity contribution is 7.80. The second-order valence-corrected chi connectivity index (χ2v) is 5.91. The Morgan fingerprint density at radius 3 is 2.53 bits per heavy atom. The lowest BCUT2D eigenvalue weighted by Gasteiger charge is -2.27. The molecular formula is C14H24N4S. The summed E-state index contributed by atoms with van der Waals surface area (Å²) in [6.07, 6.45) is 0. The van der Waals surface area contributed by atoms with Gasteiger partial charge in [0.2, 0.25) is 0 Å². The molecule has 0 saturated heterocycles. The maximum absolute atomic E-state index is 5.76. The van der Waals surface area contributed by atoms with Crippen molar-refractivity contribution in [2.45, 2.75) is 26.8 Å². The number of likely N-dealkylation sites (N-methyl/N-ethyl adjacent to an activating group) is 1. The van der Waals surface area contributed by atoms with Gasteiger partial charge in [-0.15, -0.1) is 0 Å². The molecule has 1 aromatic rings. The molecule has 0 bridgehead atoms. The lowest BCUT2D eigenvalue weighted by Crippen LogP contribution is -2.37. The summed E-state index contributed by atoms with van der Waals surface area (Å²) in [6, 6.07) is 4.16. The number of hydrogen-bond donors (Lipinski definition) is 2. The van der Waals surface area contributed by atoms with E-state index in [0.717, 1.165) is 23.6 Å². The quantitative estimate of drug-likeness (QED) is 0.781. The Labute approximate surface area is 121 Å². The molecule has 0 aliphatic carbocycles. The van der Waals surface area contributed by atoms with Crippen molar-refractivity contribution >= 4 is 23.0 Å². The smallest absolute Gasteiger partial charge is 0.136 e. The van der Waals surface area contributed by atoms with Gasteiger partial charge >= 0.3 is 0 Å². The molecule has 0 saturated carbocycles. The summed E-state index contributed by atoms with van der Waals surface area (Å²) >= 11 is 5.09. The zero-order valence-electron chi connectivity index (χ0n) is 12.4. The molecule has 0 amide bonds. The number of nitrogens with one attached hydrogen (secondary N) is 1. The minimum atomic E-state index is 0.303. The molecule has 0 aliphatic heterocycles. The molecule has 0 fully saturated rings. The first-order valence-electron chi connectivity index (χ1n) is 6.50. The van der Waals surface area contributed by atoms with Gasteiger partial charge in [-0.1, -0.05) is 26.1 Å². The molecule has 4 nitrogen and oxygen atoms in total. The molecule has 1 atom stereocenters. The standard InChI is InChI=1S/C14H24N4S/c1-9(2)12(8-18(4)5)17-14-11(13(15)19)7-6-10(3)16-14/h6-7,9,12H,8H2,1-5H3,(H2,15,19)(H,16,17). The monoisotopic (exact) mass is 280 g/mol. The van der Waals surface area contributed by atoms with Crippen molar-refractivity contribution in [2.24, 2.45) is 11.7 Å². The molecule has 1 unspecified atom stereocenters. The Bertz CT molecular complexity index is 443. The number of nitrogens with two attached hydrogens (primary N) is 1. The van der Waals surface area contributed by atoms with E-state index < -0.39 is 0 Å². The Morgan fingerprint density at radius 2 is 2.05 bits per heavy atom. The van der Waals surface area contributed by atoms with Crippen LogP contribution in [0.15, 0.2) is 12.1 Å². The molecule has 3 N–H and O–H groups in total. The van der Waals surface area contributed by atoms with Crippen LogP contribution in [0.3, 0.4) is 0 Å². The average Bonchev–Trinajstić information content (AvgIpc) is 2.26. The fourth-order valence-corrected chi connectivity index (χ4v) is 2.02. The highest BCUT2D eigenvalue weighted by Crippen LogP contribution is 2.17. The molecule has 5 heteroatoms. The van der Waals surface area contributed by atoms with E-state index in [1.165, 1.54) is 0 Å². The van der Waals surface area contributed by atoms with E-state index in [1.807, 2.05) is 19.1 Å². The highest BCUT2D eigenvalue weighted by Gasteiger charge is 2.17. The highest BCUT2D eigenvalue weighted by atomic mass is 32.1. The fraction of sp³-hybridized carbons (Fsp3) is 0.571. The Kier molecular flexibility index (Phi) is 5.69. The number of aryl methyl sites for hydroxylation is 1. The van der Waals surface area contributed by atoms with Crippen LogP contribution in [0.4, 0.5) is 5.82 Å². The van der Waals surface area contributed by atoms with E-state index in [1.54, 1.807) is 0 Å². The maximum atomic E-state index is 5.76. The van der Waals surface area contributed by atoms with Gasteiger partial charge in [-0.3, -0.25) is 0 Å². The minimum absolute atomic E-state index is 0.303. The predicted molar refractivity (Wildman–Crippen MR) is 85.7 cm³/mol. The second kappa shape index (κ2) is 6.82. The van der Waals surface area contributed by atoms with Crippen LogP contribution in [-0.2, 0) is 0 Å². The van der Waals surface area contributed by atoms with Gasteiger partial charge < -0.3 is 16.0 Å². The summed E-state index contributed by atoms with van der Waals surface area (Å²) in [7, 11) is 4.13. The van der Waals surface area contributed by atoms with Gasteiger partial charge in [-0.2, -0.15) is 0 Å². The van der Waals surface area contributed by atoms with E-state index in [4.69, 9.17) is 18.0 Å². The van der Waals surface area contributed by atoms with Crippen LogP contribution < -0.4 is 11.1 Å². The first-order chi connectivity index (χ1) is 8.81. The fourth-order valence-electron chi connectivity index (χ4n) is 1.86. The number of rotatable bonds is 6. The second-order valence-electron chi connectivity index (χ2n) is 5.47. The molecule has 19 heavy (non-hydrogen) atoms. The van der Waals surface area contributed by atoms with Crippen LogP contribution in [0, 0.1) is 12.8 Å². The van der Waals surface area contributed by atoms with E-state index in [9.17, 15) is 0 Å². The molecule has 0 aliphatic rings. The number of aromatic nitrogens is 1. The third-order valence-electron chi connectivity index (χ3n) is 2.99. The van der Waals surface area contributed by atoms with Crippen molar-refractivity contribution in [3.8, 4) is 0 Å². The number of anilines is 1. The van der Waals surface area contributed by atoms with Crippen molar-refractivity contribution in [1.29, 1.82) is 0 Å². The lowest BCUT2D eigenvalue weighted by molar-refractivity contribution is 0.344. The van der Waals surface area contributed by atoms with E-state index in [2.05, 4.69) is 43.1 Å². The number of nitrogens with zero attached hydrogens (tertiary/aromatic N) is 2. The van der Waals surface area contributed by atoms with Crippen LogP contribution in [-0.4, -0.2) is 41.6 Å². The van der Waals surface area contributed by atoms with Crippen molar-refractivity contribution in [2.75, 3.05) is 26.0 Å². The molecule has 1 rings (SSSR count). The van der Waals surface area contributed by atoms with Gasteiger partial charge in [0.25, 0.3) is 0 Å². The van der Waals surface area contributed by atoms with E-state index in [0.29, 0.717) is 16.9 Å². The third-order valence-corrected chi connectivity index (χ3v) is 3.21. The Balaban J connectivity index is 3.01. The molecule has 0 radical (unpaired) electrons. The zero-order chi connectivity index (χ0) is 14.6. The summed E-state index contributed by atoms with van der Waals surface area (Å²) < 4.78 is 0. The normalized spacial score (nSPS) is 12.8. The van der Waals surface area contributed by atoms with Gasteiger partial charge in [0.15, 0.2) is 0 Å². The summed E-state index contributed by atoms with van der Waals surface area (Å²) in [5, 5.41) is 3.48. The SMILES string of the molecule is Cc1ccc(C(N)=S)c(NC(CN(C)C)C(C)C)n1. The molecule has 0 spiro atoms. The molecule has 0 aromatic carbocycles. The van der Waals surface area contributed by atoms with E-state index >= 15 is 0 Å². The summed E-state index contributed by atoms with van der Waals surface area (Å²) in [5.74, 6) is 1.27. The van der Waals surface area contributed by atoms with Crippen LogP contribution in [0.2, 0.25) is 0 Å². The zero-order valence-corrected chi connectivity index (χ0v) is 13.2. The predicted octanol–water partition coefficient (Wildman–Crippen LogP) is 2.02. The lowest BCUT2D eigenvalue weighted by atomic mass is 10.0. The number of hydrogen-bond acceptors (Lipinski definition) is 4. The van der Waals surface area contributed by atoms with Crippen molar-refractivity contribution in [3.05, 3.63) is 23.4 Å². The third kappa shape index (κ3) is 4.76. The van der Waals surface area contributed by atoms with E-state index in [-0.39, 0.29) is 0 Å². The molecular weight excluding hydrogens is 256 g/mol. The van der Waals surface area contributed by atoms with Crippen LogP contribution in [0.25, 0.3) is 0 Å². The number of pyridine rings is 1. The minimum Gasteiger partial charge on any atom is -0.389 e. The largest absolute Gasteiger partial charge is 0.389 e. The summed E-state index contributed by atoms with van der Waals surface area (Å²) in [6.45, 7) is 7.28. The van der Waals surface area contributed by atoms with Gasteiger partial charge in [0.05, 0.1) is 5.56 Å². The van der Waals surface area contributed by atoms with Crippen molar-refractivity contribution < 1.29 is 0 Å². The van der Waals surface area contributed by atoms with Crippen molar-refractivity contribution in [3.63, 3.8) is 0 Å². The van der Waals surface area contributed by atoms with Gasteiger partial charge in [0, 0.05) is 18.3 Å². The topological polar surface area (TPSA) is 54.2 Å². The van der Waals surface area contributed by atoms with Crippen LogP contribution in [0.1, 0.15) is 25.1 Å². The van der Waals surface area contributed by atoms with Gasteiger partial charge in [-0.05, 0) is 39.1 Å². The molecule has 1 aromatic heterocycles. The van der Waals surface area contributed by atoms with Crippen LogP contribution in [0.5, 0.6) is 0 Å². The Morgan fingerprint density at radius 1 is 1.42 bits per heavy atom. The van der Waals surface area contributed by atoms with Gasteiger partial charge in [-0.25, -0.2) is 4.98 Å². The summed E-state index contributed by atoms with van der Waals surface area (Å²) in [5.41, 5.74) is 7.52. The molecule has 1 heterocycles. The molecule has 106 valence electrons. The first-order valence-corrected chi connectivity index (χ1v) is 6.90. The number of thiocarbonyl (C=S) groups is 1. The van der Waals surface area contributed by atoms with Gasteiger partial charge in [0.1, 0.15) is 10.8 Å². The van der Waals surface area contributed by atoms with Crippen molar-refractivity contribution in [1.82, 2.24) is 9.88 Å². The Hall–Kier alpha value is -1.20. The average molecular weight is 280 g/mol. The van der Waals surface area contributed by atoms with Crippen LogP contribution >= 0.6 is 12.2 Å². The summed E-state index contributed by atoms with van der Waals surface area (Å²) in [4.78, 5) is 7.06.